The van der Waals surface area contributed by atoms with Crippen molar-refractivity contribution in [3.63, 3.8) is 0 Å². The van der Waals surface area contributed by atoms with E-state index in [4.69, 9.17) is 23.2 Å². The molecule has 0 saturated carbocycles. The van der Waals surface area contributed by atoms with Gasteiger partial charge in [-0.1, -0.05) is 79.4 Å². The summed E-state index contributed by atoms with van der Waals surface area (Å²) >= 11 is 12.3. The van der Waals surface area contributed by atoms with Crippen molar-refractivity contribution in [1.29, 1.82) is 0 Å². The fraction of sp³-hybridized carbons (Fsp3) is 0.219. The molecule has 0 heterocycles. The van der Waals surface area contributed by atoms with Gasteiger partial charge in [-0.05, 0) is 59.8 Å². The van der Waals surface area contributed by atoms with Crippen LogP contribution in [0.25, 0.3) is 10.8 Å². The average molecular weight is 657 g/mol. The summed E-state index contributed by atoms with van der Waals surface area (Å²) in [5.74, 6) is -1.95. The minimum atomic E-state index is -4.50. The van der Waals surface area contributed by atoms with Gasteiger partial charge in [0.2, 0.25) is 0 Å². The number of carboxylic acids is 1. The lowest BCUT2D eigenvalue weighted by Crippen LogP contribution is -2.45. The molecule has 0 aliphatic carbocycles. The van der Waals surface area contributed by atoms with Gasteiger partial charge in [0.1, 0.15) is 6.04 Å². The standard InChI is InChI=1S/C32H31Cl2N3O6S/c1-3-4-10-29(32(40)41)37(44(42,43)24-17-22(33)16-23(34)18-24)28-11-6-7-25-26(28)8-5-9-27(25)31(39)36-19-20-12-14-21(15-13-20)30(38)35-2/h5-9,11-18,29H,3-4,10,19H2,1-2H3,(H,35,38)(H,36,39)(H,40,41). The molecule has 0 spiro atoms. The van der Waals surface area contributed by atoms with Gasteiger partial charge in [-0.15, -0.1) is 0 Å². The smallest absolute Gasteiger partial charge is 0.327 e. The second-order valence-electron chi connectivity index (χ2n) is 10.0. The number of hydrogen-bond donors (Lipinski definition) is 3. The number of carboxylic acid groups (broad SMARTS) is 1. The van der Waals surface area contributed by atoms with Crippen LogP contribution in [0.1, 0.15) is 52.5 Å². The SMILES string of the molecule is CCCCC(C(=O)O)N(c1cccc2c(C(=O)NCc3ccc(C(=O)NC)cc3)cccc12)S(=O)(=O)c1cc(Cl)cc(Cl)c1. The number of carbonyl (C=O) groups excluding carboxylic acids is 2. The van der Waals surface area contributed by atoms with E-state index >= 15 is 0 Å². The minimum Gasteiger partial charge on any atom is -0.480 e. The topological polar surface area (TPSA) is 133 Å². The predicted octanol–water partition coefficient (Wildman–Crippen LogP) is 6.27. The lowest BCUT2D eigenvalue weighted by Gasteiger charge is -2.31. The number of nitrogens with one attached hydrogen (secondary N) is 2. The zero-order valence-electron chi connectivity index (χ0n) is 24.0. The summed E-state index contributed by atoms with van der Waals surface area (Å²) in [5, 5.41) is 16.6. The Morgan fingerprint density at radius 3 is 2.14 bits per heavy atom. The second-order valence-corrected chi connectivity index (χ2v) is 12.7. The highest BCUT2D eigenvalue weighted by Gasteiger charge is 2.37. The summed E-state index contributed by atoms with van der Waals surface area (Å²) < 4.78 is 29.3. The normalized spacial score (nSPS) is 12.0. The number of anilines is 1. The zero-order chi connectivity index (χ0) is 32.0. The van der Waals surface area contributed by atoms with Gasteiger partial charge in [-0.3, -0.25) is 13.9 Å². The van der Waals surface area contributed by atoms with Crippen LogP contribution in [0.3, 0.4) is 0 Å². The molecule has 0 bridgehead atoms. The number of fused-ring (bicyclic) bond motifs is 1. The van der Waals surface area contributed by atoms with Crippen molar-refractivity contribution in [1.82, 2.24) is 10.6 Å². The number of sulfonamides is 1. The number of benzene rings is 4. The van der Waals surface area contributed by atoms with Gasteiger partial charge in [0, 0.05) is 40.2 Å². The van der Waals surface area contributed by atoms with Crippen molar-refractivity contribution >= 4 is 67.5 Å². The molecule has 1 atom stereocenters. The molecule has 0 aromatic heterocycles. The molecule has 0 saturated heterocycles. The minimum absolute atomic E-state index is 0.0502. The maximum Gasteiger partial charge on any atom is 0.327 e. The zero-order valence-corrected chi connectivity index (χ0v) is 26.3. The van der Waals surface area contributed by atoms with Gasteiger partial charge in [-0.25, -0.2) is 13.2 Å². The van der Waals surface area contributed by atoms with Crippen molar-refractivity contribution in [2.45, 2.75) is 43.7 Å². The molecule has 4 rings (SSSR count). The van der Waals surface area contributed by atoms with E-state index in [0.717, 1.165) is 9.87 Å². The van der Waals surface area contributed by atoms with Gasteiger partial charge in [0.25, 0.3) is 21.8 Å². The molecule has 0 aliphatic heterocycles. The average Bonchev–Trinajstić information content (AvgIpc) is 3.00. The fourth-order valence-corrected chi connectivity index (χ4v) is 7.26. The number of aliphatic carboxylic acids is 1. The highest BCUT2D eigenvalue weighted by atomic mass is 35.5. The number of rotatable bonds is 12. The molecular weight excluding hydrogens is 625 g/mol. The Hall–Kier alpha value is -4.12. The summed E-state index contributed by atoms with van der Waals surface area (Å²) in [6, 6.07) is 18.8. The summed E-state index contributed by atoms with van der Waals surface area (Å²) in [4.78, 5) is 37.5. The van der Waals surface area contributed by atoms with Gasteiger partial charge in [0.15, 0.2) is 0 Å². The molecule has 4 aromatic rings. The summed E-state index contributed by atoms with van der Waals surface area (Å²) in [6.07, 6.45) is 1.16. The maximum atomic E-state index is 14.2. The van der Waals surface area contributed by atoms with E-state index in [1.807, 2.05) is 6.92 Å². The highest BCUT2D eigenvalue weighted by molar-refractivity contribution is 7.93. The largest absolute Gasteiger partial charge is 0.480 e. The first-order chi connectivity index (χ1) is 21.0. The van der Waals surface area contributed by atoms with Gasteiger partial charge >= 0.3 is 5.97 Å². The molecule has 0 radical (unpaired) electrons. The first-order valence-corrected chi connectivity index (χ1v) is 16.0. The Morgan fingerprint density at radius 1 is 0.886 bits per heavy atom. The van der Waals surface area contributed by atoms with Crippen LogP contribution in [0.5, 0.6) is 0 Å². The van der Waals surface area contributed by atoms with E-state index in [1.54, 1.807) is 61.6 Å². The molecule has 0 fully saturated rings. The summed E-state index contributed by atoms with van der Waals surface area (Å²) in [6.45, 7) is 2.06. The number of nitrogens with zero attached hydrogens (tertiary/aromatic N) is 1. The van der Waals surface area contributed by atoms with Gasteiger partial charge in [0.05, 0.1) is 10.6 Å². The summed E-state index contributed by atoms with van der Waals surface area (Å²) in [5.41, 5.74) is 1.63. The molecule has 3 N–H and O–H groups in total. The third-order valence-corrected chi connectivity index (χ3v) is 9.31. The molecule has 9 nitrogen and oxygen atoms in total. The predicted molar refractivity (Wildman–Crippen MR) is 172 cm³/mol. The molecule has 0 aliphatic rings. The van der Waals surface area contributed by atoms with E-state index in [9.17, 15) is 27.9 Å². The highest BCUT2D eigenvalue weighted by Crippen LogP contribution is 2.36. The molecule has 230 valence electrons. The maximum absolute atomic E-state index is 14.2. The van der Waals surface area contributed by atoms with Crippen LogP contribution in [-0.4, -0.2) is 44.4 Å². The fourth-order valence-electron chi connectivity index (χ4n) is 4.87. The van der Waals surface area contributed by atoms with Crippen LogP contribution in [0, 0.1) is 0 Å². The Kier molecular flexibility index (Phi) is 10.5. The number of hydrogen-bond acceptors (Lipinski definition) is 5. The lowest BCUT2D eigenvalue weighted by molar-refractivity contribution is -0.138. The van der Waals surface area contributed by atoms with Crippen molar-refractivity contribution in [3.05, 3.63) is 106 Å². The third kappa shape index (κ3) is 7.15. The Morgan fingerprint density at radius 2 is 1.52 bits per heavy atom. The number of carbonyl (C=O) groups is 3. The van der Waals surface area contributed by atoms with Crippen molar-refractivity contribution in [3.8, 4) is 0 Å². The molecule has 4 aromatic carbocycles. The second kappa shape index (κ2) is 14.1. The van der Waals surface area contributed by atoms with Crippen molar-refractivity contribution in [2.24, 2.45) is 0 Å². The molecule has 44 heavy (non-hydrogen) atoms. The van der Waals surface area contributed by atoms with Crippen LogP contribution < -0.4 is 14.9 Å². The molecule has 1 unspecified atom stereocenters. The van der Waals surface area contributed by atoms with Crippen LogP contribution in [0.4, 0.5) is 5.69 Å². The van der Waals surface area contributed by atoms with E-state index in [-0.39, 0.29) is 45.1 Å². The Bertz CT molecular complexity index is 1790. The summed E-state index contributed by atoms with van der Waals surface area (Å²) in [7, 11) is -2.96. The molecule has 2 amide bonds. The van der Waals surface area contributed by atoms with E-state index in [1.165, 1.54) is 24.3 Å². The number of halogens is 2. The number of amides is 2. The Labute approximate surface area is 265 Å². The molecular formula is C32H31Cl2N3O6S. The van der Waals surface area contributed by atoms with Gasteiger partial charge in [-0.2, -0.15) is 0 Å². The monoisotopic (exact) mass is 655 g/mol. The van der Waals surface area contributed by atoms with Crippen LogP contribution in [0.2, 0.25) is 10.0 Å². The third-order valence-electron chi connectivity index (χ3n) is 7.07. The lowest BCUT2D eigenvalue weighted by atomic mass is 10.0. The van der Waals surface area contributed by atoms with Crippen LogP contribution in [-0.2, 0) is 21.4 Å². The van der Waals surface area contributed by atoms with E-state index in [2.05, 4.69) is 10.6 Å². The van der Waals surface area contributed by atoms with E-state index in [0.29, 0.717) is 29.2 Å². The van der Waals surface area contributed by atoms with Crippen LogP contribution >= 0.6 is 23.2 Å². The van der Waals surface area contributed by atoms with Crippen molar-refractivity contribution in [2.75, 3.05) is 11.4 Å². The van der Waals surface area contributed by atoms with Crippen LogP contribution in [0.15, 0.2) is 83.8 Å². The number of unbranched alkanes of at least 4 members (excludes halogenated alkanes) is 1. The van der Waals surface area contributed by atoms with Gasteiger partial charge < -0.3 is 15.7 Å². The quantitative estimate of drug-likeness (QED) is 0.165. The Balaban J connectivity index is 1.78. The van der Waals surface area contributed by atoms with Crippen molar-refractivity contribution < 1.29 is 27.9 Å². The first-order valence-electron chi connectivity index (χ1n) is 13.8. The van der Waals surface area contributed by atoms with E-state index < -0.39 is 27.9 Å². The first kappa shape index (κ1) is 32.8. The molecule has 12 heteroatoms.